The molecular weight excluding hydrogens is 202 g/mol. The molecule has 4 heteroatoms. The van der Waals surface area contributed by atoms with E-state index in [0.29, 0.717) is 6.10 Å². The van der Waals surface area contributed by atoms with Crippen LogP contribution in [-0.2, 0) is 17.8 Å². The van der Waals surface area contributed by atoms with Crippen LogP contribution in [0.15, 0.2) is 12.5 Å². The molecule has 0 saturated carbocycles. The Kier molecular flexibility index (Phi) is 4.36. The summed E-state index contributed by atoms with van der Waals surface area (Å²) in [4.78, 5) is 4.36. The highest BCUT2D eigenvalue weighted by Gasteiger charge is 2.14. The van der Waals surface area contributed by atoms with E-state index in [2.05, 4.69) is 28.0 Å². The van der Waals surface area contributed by atoms with E-state index in [1.165, 1.54) is 12.8 Å². The minimum Gasteiger partial charge on any atom is -0.378 e. The van der Waals surface area contributed by atoms with Crippen LogP contribution in [0.5, 0.6) is 0 Å². The second kappa shape index (κ2) is 6.01. The maximum absolute atomic E-state index is 5.60. The lowest BCUT2D eigenvalue weighted by Crippen LogP contribution is -2.12. The summed E-state index contributed by atoms with van der Waals surface area (Å²) in [5, 5.41) is 3.27. The van der Waals surface area contributed by atoms with Crippen molar-refractivity contribution >= 4 is 0 Å². The average Bonchev–Trinajstić information content (AvgIpc) is 2.95. The number of hydrogen-bond donors (Lipinski definition) is 1. The van der Waals surface area contributed by atoms with Gasteiger partial charge in [0.2, 0.25) is 0 Å². The van der Waals surface area contributed by atoms with E-state index >= 15 is 0 Å². The van der Waals surface area contributed by atoms with Crippen molar-refractivity contribution in [3.05, 3.63) is 18.2 Å². The number of imidazole rings is 1. The molecular formula is C12H21N3O. The van der Waals surface area contributed by atoms with E-state index in [1.807, 2.05) is 6.33 Å². The van der Waals surface area contributed by atoms with E-state index in [-0.39, 0.29) is 0 Å². The minimum atomic E-state index is 0.472. The first-order chi connectivity index (χ1) is 7.88. The average molecular weight is 223 g/mol. The van der Waals surface area contributed by atoms with E-state index in [9.17, 15) is 0 Å². The van der Waals surface area contributed by atoms with Crippen molar-refractivity contribution in [3.8, 4) is 0 Å². The fourth-order valence-electron chi connectivity index (χ4n) is 2.04. The van der Waals surface area contributed by atoms with Crippen molar-refractivity contribution in [1.29, 1.82) is 0 Å². The van der Waals surface area contributed by atoms with Crippen LogP contribution in [0.25, 0.3) is 0 Å². The molecule has 0 amide bonds. The smallest absolute Gasteiger partial charge is 0.0949 e. The van der Waals surface area contributed by atoms with Crippen LogP contribution in [0.2, 0.25) is 0 Å². The third-order valence-corrected chi connectivity index (χ3v) is 2.98. The number of nitrogens with one attached hydrogen (secondary N) is 1. The molecule has 0 aliphatic carbocycles. The van der Waals surface area contributed by atoms with Crippen LogP contribution in [-0.4, -0.2) is 28.8 Å². The number of ether oxygens (including phenoxy) is 1. The van der Waals surface area contributed by atoms with Crippen molar-refractivity contribution < 1.29 is 4.74 Å². The monoisotopic (exact) mass is 223 g/mol. The van der Waals surface area contributed by atoms with Crippen LogP contribution in [0.3, 0.4) is 0 Å². The van der Waals surface area contributed by atoms with Gasteiger partial charge in [-0.1, -0.05) is 6.92 Å². The van der Waals surface area contributed by atoms with Gasteiger partial charge in [0.25, 0.3) is 0 Å². The van der Waals surface area contributed by atoms with Crippen LogP contribution in [0.4, 0.5) is 0 Å². The van der Waals surface area contributed by atoms with Gasteiger partial charge >= 0.3 is 0 Å². The molecule has 1 atom stereocenters. The number of rotatable bonds is 6. The van der Waals surface area contributed by atoms with Gasteiger partial charge in [-0.15, -0.1) is 0 Å². The highest BCUT2D eigenvalue weighted by Crippen LogP contribution is 2.15. The van der Waals surface area contributed by atoms with Crippen molar-refractivity contribution in [2.45, 2.75) is 45.4 Å². The number of hydrogen-bond acceptors (Lipinski definition) is 3. The summed E-state index contributed by atoms with van der Waals surface area (Å²) in [6.45, 7) is 5.92. The Labute approximate surface area is 97.0 Å². The predicted molar refractivity (Wildman–Crippen MR) is 63.2 cm³/mol. The first-order valence-electron chi connectivity index (χ1n) is 6.21. The molecule has 90 valence electrons. The molecule has 1 fully saturated rings. The quantitative estimate of drug-likeness (QED) is 0.795. The molecule has 1 N–H and O–H groups in total. The van der Waals surface area contributed by atoms with Gasteiger partial charge < -0.3 is 14.6 Å². The molecule has 1 saturated heterocycles. The zero-order chi connectivity index (χ0) is 11.2. The summed E-state index contributed by atoms with van der Waals surface area (Å²) < 4.78 is 7.76. The summed E-state index contributed by atoms with van der Waals surface area (Å²) in [5.41, 5.74) is 1.12. The molecule has 0 spiro atoms. The highest BCUT2D eigenvalue weighted by atomic mass is 16.5. The second-order valence-electron chi connectivity index (χ2n) is 4.31. The zero-order valence-corrected chi connectivity index (χ0v) is 9.98. The van der Waals surface area contributed by atoms with E-state index in [0.717, 1.165) is 38.4 Å². The van der Waals surface area contributed by atoms with Gasteiger partial charge in [-0.3, -0.25) is 0 Å². The van der Waals surface area contributed by atoms with E-state index in [4.69, 9.17) is 4.74 Å². The molecule has 0 bridgehead atoms. The lowest BCUT2D eigenvalue weighted by atomic mass is 10.2. The normalized spacial score (nSPS) is 20.4. The molecule has 1 unspecified atom stereocenters. The Hall–Kier alpha value is -0.870. The fourth-order valence-corrected chi connectivity index (χ4v) is 2.04. The Bertz CT molecular complexity index is 305. The molecule has 2 rings (SSSR count). The van der Waals surface area contributed by atoms with Crippen molar-refractivity contribution in [1.82, 2.24) is 14.9 Å². The topological polar surface area (TPSA) is 39.1 Å². The molecule has 2 heterocycles. The maximum atomic E-state index is 5.60. The highest BCUT2D eigenvalue weighted by molar-refractivity contribution is 4.96. The maximum Gasteiger partial charge on any atom is 0.0949 e. The fraction of sp³-hybridized carbons (Fsp3) is 0.750. The SMILES string of the molecule is CCNCc1cn(CCC2CCCO2)cn1. The molecule has 16 heavy (non-hydrogen) atoms. The van der Waals surface area contributed by atoms with E-state index < -0.39 is 0 Å². The van der Waals surface area contributed by atoms with Crippen molar-refractivity contribution in [2.75, 3.05) is 13.2 Å². The Morgan fingerprint density at radius 3 is 3.31 bits per heavy atom. The third-order valence-electron chi connectivity index (χ3n) is 2.98. The number of aromatic nitrogens is 2. The summed E-state index contributed by atoms with van der Waals surface area (Å²) in [6, 6.07) is 0. The van der Waals surface area contributed by atoms with Crippen LogP contribution in [0, 0.1) is 0 Å². The van der Waals surface area contributed by atoms with Gasteiger partial charge in [-0.2, -0.15) is 0 Å². The van der Waals surface area contributed by atoms with Crippen LogP contribution in [0.1, 0.15) is 31.9 Å². The predicted octanol–water partition coefficient (Wildman–Crippen LogP) is 1.56. The summed E-state index contributed by atoms with van der Waals surface area (Å²) in [6.07, 6.45) is 8.06. The first kappa shape index (κ1) is 11.6. The Morgan fingerprint density at radius 2 is 2.56 bits per heavy atom. The molecule has 1 aliphatic heterocycles. The van der Waals surface area contributed by atoms with Crippen molar-refractivity contribution in [2.24, 2.45) is 0 Å². The molecule has 1 aliphatic rings. The number of nitrogens with zero attached hydrogens (tertiary/aromatic N) is 2. The largest absolute Gasteiger partial charge is 0.378 e. The first-order valence-corrected chi connectivity index (χ1v) is 6.21. The number of aryl methyl sites for hydroxylation is 1. The molecule has 1 aromatic rings. The third kappa shape index (κ3) is 3.32. The zero-order valence-electron chi connectivity index (χ0n) is 9.98. The molecule has 0 radical (unpaired) electrons. The Morgan fingerprint density at radius 1 is 1.62 bits per heavy atom. The second-order valence-corrected chi connectivity index (χ2v) is 4.31. The molecule has 0 aromatic carbocycles. The van der Waals surface area contributed by atoms with Gasteiger partial charge in [0.1, 0.15) is 0 Å². The standard InChI is InChI=1S/C12H21N3O/c1-2-13-8-11-9-15(10-14-11)6-5-12-4-3-7-16-12/h9-10,12-13H,2-8H2,1H3. The van der Waals surface area contributed by atoms with Gasteiger partial charge in [0.15, 0.2) is 0 Å². The van der Waals surface area contributed by atoms with Crippen LogP contribution >= 0.6 is 0 Å². The van der Waals surface area contributed by atoms with Gasteiger partial charge in [0.05, 0.1) is 18.1 Å². The van der Waals surface area contributed by atoms with Gasteiger partial charge in [-0.25, -0.2) is 4.98 Å². The minimum absolute atomic E-state index is 0.472. The summed E-state index contributed by atoms with van der Waals surface area (Å²) in [7, 11) is 0. The van der Waals surface area contributed by atoms with E-state index in [1.54, 1.807) is 0 Å². The lowest BCUT2D eigenvalue weighted by Gasteiger charge is -2.08. The summed E-state index contributed by atoms with van der Waals surface area (Å²) in [5.74, 6) is 0. The van der Waals surface area contributed by atoms with Gasteiger partial charge in [0, 0.05) is 25.9 Å². The van der Waals surface area contributed by atoms with Gasteiger partial charge in [-0.05, 0) is 25.8 Å². The Balaban J connectivity index is 1.73. The van der Waals surface area contributed by atoms with Crippen molar-refractivity contribution in [3.63, 3.8) is 0 Å². The lowest BCUT2D eigenvalue weighted by molar-refractivity contribution is 0.100. The molecule has 4 nitrogen and oxygen atoms in total. The summed E-state index contributed by atoms with van der Waals surface area (Å²) >= 11 is 0. The van der Waals surface area contributed by atoms with Crippen LogP contribution < -0.4 is 5.32 Å². The molecule has 1 aromatic heterocycles.